The number of hydrogen-bond donors (Lipinski definition) is 1. The van der Waals surface area contributed by atoms with Gasteiger partial charge in [0.1, 0.15) is 5.78 Å². The zero-order chi connectivity index (χ0) is 20.5. The number of para-hydroxylation sites is 2. The standard InChI is InChI=1S/C23H26N2O4/c1-13-21-18(25-17-8-6-5-7-16(17)24-13)11-14(12-19(21)26)15-9-10-20(27-2)23(29-4)22(15)28-3/h5-10,14,18,21,25H,11-12H2,1-4H3/t14-,18+,21+/m0/s1. The van der Waals surface area contributed by atoms with Gasteiger partial charge in [0, 0.05) is 23.7 Å². The van der Waals surface area contributed by atoms with Gasteiger partial charge in [0.2, 0.25) is 5.75 Å². The Labute approximate surface area is 170 Å². The quantitative estimate of drug-likeness (QED) is 0.834. The summed E-state index contributed by atoms with van der Waals surface area (Å²) in [6.45, 7) is 1.96. The highest BCUT2D eigenvalue weighted by atomic mass is 16.5. The van der Waals surface area contributed by atoms with Crippen LogP contribution in [0.25, 0.3) is 0 Å². The molecule has 0 spiro atoms. The number of ether oxygens (including phenoxy) is 3. The first-order valence-corrected chi connectivity index (χ1v) is 9.79. The summed E-state index contributed by atoms with van der Waals surface area (Å²) in [6.07, 6.45) is 1.24. The van der Waals surface area contributed by atoms with Crippen LogP contribution in [0.2, 0.25) is 0 Å². The number of Topliss-reactive ketones (excluding diaryl/α,β-unsaturated/α-hetero) is 1. The molecular weight excluding hydrogens is 368 g/mol. The van der Waals surface area contributed by atoms with Crippen molar-refractivity contribution in [1.29, 1.82) is 0 Å². The molecule has 1 saturated carbocycles. The third-order valence-corrected chi connectivity index (χ3v) is 5.90. The van der Waals surface area contributed by atoms with Crippen molar-refractivity contribution in [2.75, 3.05) is 26.6 Å². The number of anilines is 1. The number of fused-ring (bicyclic) bond motifs is 2. The second kappa shape index (κ2) is 7.78. The molecule has 6 nitrogen and oxygen atoms in total. The van der Waals surface area contributed by atoms with Crippen LogP contribution in [0, 0.1) is 5.92 Å². The molecule has 1 N–H and O–H groups in total. The third kappa shape index (κ3) is 3.33. The van der Waals surface area contributed by atoms with E-state index in [1.165, 1.54) is 0 Å². The van der Waals surface area contributed by atoms with Gasteiger partial charge in [0.05, 0.1) is 38.6 Å². The summed E-state index contributed by atoms with van der Waals surface area (Å²) in [5.41, 5.74) is 3.68. The highest BCUT2D eigenvalue weighted by Crippen LogP contribution is 2.47. The van der Waals surface area contributed by atoms with E-state index >= 15 is 0 Å². The maximum atomic E-state index is 13.2. The van der Waals surface area contributed by atoms with Gasteiger partial charge in [0.15, 0.2) is 11.5 Å². The largest absolute Gasteiger partial charge is 0.493 e. The predicted molar refractivity (Wildman–Crippen MR) is 113 cm³/mol. The fraction of sp³-hybridized carbons (Fsp3) is 0.391. The van der Waals surface area contributed by atoms with Crippen LogP contribution < -0.4 is 19.5 Å². The molecule has 0 amide bonds. The molecule has 1 aliphatic heterocycles. The maximum absolute atomic E-state index is 13.2. The highest BCUT2D eigenvalue weighted by Gasteiger charge is 2.41. The van der Waals surface area contributed by atoms with E-state index in [0.29, 0.717) is 23.7 Å². The number of aliphatic imine (C=N–C) groups is 1. The van der Waals surface area contributed by atoms with Crippen LogP contribution in [0.1, 0.15) is 31.2 Å². The molecule has 1 aliphatic carbocycles. The summed E-state index contributed by atoms with van der Waals surface area (Å²) in [6, 6.07) is 11.8. The number of rotatable bonds is 4. The fourth-order valence-electron chi connectivity index (χ4n) is 4.62. The minimum atomic E-state index is -0.218. The first kappa shape index (κ1) is 19.3. The summed E-state index contributed by atoms with van der Waals surface area (Å²) in [5, 5.41) is 3.58. The molecule has 6 heteroatoms. The molecule has 3 atom stereocenters. The first-order chi connectivity index (χ1) is 14.1. The Bertz CT molecular complexity index is 969. The molecule has 2 aliphatic rings. The monoisotopic (exact) mass is 394 g/mol. The van der Waals surface area contributed by atoms with Gasteiger partial charge in [0.25, 0.3) is 0 Å². The fourth-order valence-corrected chi connectivity index (χ4v) is 4.62. The summed E-state index contributed by atoms with van der Waals surface area (Å²) >= 11 is 0. The predicted octanol–water partition coefficient (Wildman–Crippen LogP) is 4.36. The van der Waals surface area contributed by atoms with Gasteiger partial charge in [-0.05, 0) is 37.5 Å². The number of benzene rings is 2. The summed E-state index contributed by atoms with van der Waals surface area (Å²) in [4.78, 5) is 17.9. The first-order valence-electron chi connectivity index (χ1n) is 9.79. The van der Waals surface area contributed by atoms with Crippen molar-refractivity contribution in [2.24, 2.45) is 10.9 Å². The lowest BCUT2D eigenvalue weighted by molar-refractivity contribution is -0.123. The van der Waals surface area contributed by atoms with Crippen molar-refractivity contribution in [3.8, 4) is 17.2 Å². The Balaban J connectivity index is 1.72. The lowest BCUT2D eigenvalue weighted by atomic mass is 9.73. The summed E-state index contributed by atoms with van der Waals surface area (Å²) in [5.74, 6) is 1.79. The molecule has 2 aromatic carbocycles. The van der Waals surface area contributed by atoms with Crippen molar-refractivity contribution >= 4 is 22.9 Å². The van der Waals surface area contributed by atoms with Gasteiger partial charge in [-0.1, -0.05) is 18.2 Å². The third-order valence-electron chi connectivity index (χ3n) is 5.90. The Morgan fingerprint density at radius 3 is 2.48 bits per heavy atom. The van der Waals surface area contributed by atoms with Crippen molar-refractivity contribution in [3.63, 3.8) is 0 Å². The molecule has 2 aromatic rings. The lowest BCUT2D eigenvalue weighted by Gasteiger charge is -2.36. The molecule has 4 rings (SSSR count). The maximum Gasteiger partial charge on any atom is 0.203 e. The van der Waals surface area contributed by atoms with Gasteiger partial charge >= 0.3 is 0 Å². The zero-order valence-electron chi connectivity index (χ0n) is 17.2. The van der Waals surface area contributed by atoms with Gasteiger partial charge in [-0.15, -0.1) is 0 Å². The molecule has 1 heterocycles. The van der Waals surface area contributed by atoms with Crippen LogP contribution in [-0.4, -0.2) is 38.9 Å². The van der Waals surface area contributed by atoms with E-state index < -0.39 is 0 Å². The molecule has 0 bridgehead atoms. The van der Waals surface area contributed by atoms with Crippen molar-refractivity contribution in [3.05, 3.63) is 42.0 Å². The average molecular weight is 394 g/mol. The van der Waals surface area contributed by atoms with Crippen LogP contribution in [0.3, 0.4) is 0 Å². The van der Waals surface area contributed by atoms with E-state index in [4.69, 9.17) is 19.2 Å². The van der Waals surface area contributed by atoms with E-state index in [2.05, 4.69) is 5.32 Å². The van der Waals surface area contributed by atoms with E-state index in [0.717, 1.165) is 29.1 Å². The molecular formula is C23H26N2O4. The summed E-state index contributed by atoms with van der Waals surface area (Å²) < 4.78 is 16.6. The summed E-state index contributed by atoms with van der Waals surface area (Å²) in [7, 11) is 4.81. The van der Waals surface area contributed by atoms with Crippen molar-refractivity contribution in [2.45, 2.75) is 31.7 Å². The van der Waals surface area contributed by atoms with Crippen LogP contribution in [0.5, 0.6) is 17.2 Å². The SMILES string of the molecule is COc1ccc([C@@H]2CC(=O)[C@@H]3C(C)=Nc4ccccc4N[C@@H]3C2)c(OC)c1OC. The molecule has 152 valence electrons. The second-order valence-electron chi connectivity index (χ2n) is 7.53. The Hall–Kier alpha value is -3.02. The molecule has 0 unspecified atom stereocenters. The van der Waals surface area contributed by atoms with Gasteiger partial charge in [-0.3, -0.25) is 9.79 Å². The minimum absolute atomic E-state index is 0.0177. The number of nitrogens with zero attached hydrogens (tertiary/aromatic N) is 1. The number of ketones is 1. The zero-order valence-corrected chi connectivity index (χ0v) is 17.2. The van der Waals surface area contributed by atoms with Crippen molar-refractivity contribution < 1.29 is 19.0 Å². The van der Waals surface area contributed by atoms with E-state index in [1.807, 2.05) is 43.3 Å². The van der Waals surface area contributed by atoms with Gasteiger partial charge in [-0.2, -0.15) is 0 Å². The van der Waals surface area contributed by atoms with E-state index in [9.17, 15) is 4.79 Å². The molecule has 1 fully saturated rings. The van der Waals surface area contributed by atoms with Gasteiger partial charge < -0.3 is 19.5 Å². The number of carbonyl (C=O) groups excluding carboxylic acids is 1. The van der Waals surface area contributed by atoms with Crippen molar-refractivity contribution in [1.82, 2.24) is 0 Å². The van der Waals surface area contributed by atoms with Crippen LogP contribution in [-0.2, 0) is 4.79 Å². The minimum Gasteiger partial charge on any atom is -0.493 e. The molecule has 0 aromatic heterocycles. The van der Waals surface area contributed by atoms with Crippen LogP contribution in [0.15, 0.2) is 41.4 Å². The average Bonchev–Trinajstić information content (AvgIpc) is 2.87. The van der Waals surface area contributed by atoms with E-state index in [1.54, 1.807) is 21.3 Å². The second-order valence-corrected chi connectivity index (χ2v) is 7.53. The van der Waals surface area contributed by atoms with Crippen LogP contribution >= 0.6 is 0 Å². The number of nitrogens with one attached hydrogen (secondary N) is 1. The topological polar surface area (TPSA) is 69.2 Å². The Kier molecular flexibility index (Phi) is 5.18. The number of hydrogen-bond acceptors (Lipinski definition) is 6. The van der Waals surface area contributed by atoms with E-state index in [-0.39, 0.29) is 23.7 Å². The molecule has 29 heavy (non-hydrogen) atoms. The molecule has 0 radical (unpaired) electrons. The number of methoxy groups -OCH3 is 3. The lowest BCUT2D eigenvalue weighted by Crippen LogP contribution is -2.43. The highest BCUT2D eigenvalue weighted by molar-refractivity contribution is 6.08. The molecule has 0 saturated heterocycles. The Morgan fingerprint density at radius 1 is 1.00 bits per heavy atom. The normalized spacial score (nSPS) is 23.1. The Morgan fingerprint density at radius 2 is 1.76 bits per heavy atom. The number of carbonyl (C=O) groups is 1. The van der Waals surface area contributed by atoms with Crippen LogP contribution in [0.4, 0.5) is 11.4 Å². The smallest absolute Gasteiger partial charge is 0.203 e. The van der Waals surface area contributed by atoms with Gasteiger partial charge in [-0.25, -0.2) is 0 Å².